The Bertz CT molecular complexity index is 523. The number of hydrogen-bond acceptors (Lipinski definition) is 3. The van der Waals surface area contributed by atoms with Gasteiger partial charge in [0.1, 0.15) is 17.2 Å². The van der Waals surface area contributed by atoms with Gasteiger partial charge in [-0.15, -0.1) is 0 Å². The number of rotatable bonds is 7. The molecule has 0 atom stereocenters. The molecule has 0 radical (unpaired) electrons. The van der Waals surface area contributed by atoms with Crippen LogP contribution < -0.4 is 14.8 Å². The Hall–Kier alpha value is -2.00. The highest BCUT2D eigenvalue weighted by molar-refractivity contribution is 5.39. The van der Waals surface area contributed by atoms with Crippen molar-refractivity contribution in [2.75, 3.05) is 13.2 Å². The maximum atomic E-state index is 5.94. The van der Waals surface area contributed by atoms with Crippen LogP contribution in [0.2, 0.25) is 0 Å². The third-order valence-corrected chi connectivity index (χ3v) is 2.90. The monoisotopic (exact) mass is 271 g/mol. The molecule has 2 aromatic carbocycles. The van der Waals surface area contributed by atoms with Gasteiger partial charge in [-0.1, -0.05) is 25.1 Å². The van der Waals surface area contributed by atoms with Crippen molar-refractivity contribution in [1.29, 1.82) is 0 Å². The van der Waals surface area contributed by atoms with Crippen molar-refractivity contribution in [1.82, 2.24) is 5.32 Å². The van der Waals surface area contributed by atoms with Crippen LogP contribution in [0.15, 0.2) is 48.5 Å². The van der Waals surface area contributed by atoms with Crippen LogP contribution in [-0.4, -0.2) is 13.2 Å². The molecule has 1 N–H and O–H groups in total. The van der Waals surface area contributed by atoms with Crippen LogP contribution in [0.25, 0.3) is 0 Å². The summed E-state index contributed by atoms with van der Waals surface area (Å²) in [5.41, 5.74) is 1.16. The Morgan fingerprint density at radius 2 is 1.60 bits per heavy atom. The minimum absolute atomic E-state index is 0.672. The highest BCUT2D eigenvalue weighted by Crippen LogP contribution is 2.26. The van der Waals surface area contributed by atoms with E-state index < -0.39 is 0 Å². The molecular weight excluding hydrogens is 250 g/mol. The van der Waals surface area contributed by atoms with Gasteiger partial charge >= 0.3 is 0 Å². The Morgan fingerprint density at radius 3 is 2.30 bits per heavy atom. The average Bonchev–Trinajstić information content (AvgIpc) is 2.49. The molecule has 20 heavy (non-hydrogen) atoms. The molecule has 106 valence electrons. The average molecular weight is 271 g/mol. The Balaban J connectivity index is 2.08. The van der Waals surface area contributed by atoms with Gasteiger partial charge in [0.25, 0.3) is 0 Å². The van der Waals surface area contributed by atoms with Gasteiger partial charge in [-0.05, 0) is 43.8 Å². The zero-order valence-electron chi connectivity index (χ0n) is 12.1. The first kappa shape index (κ1) is 14.4. The Kier molecular flexibility index (Phi) is 5.44. The first-order chi connectivity index (χ1) is 9.83. The van der Waals surface area contributed by atoms with E-state index in [2.05, 4.69) is 18.3 Å². The van der Waals surface area contributed by atoms with E-state index in [0.29, 0.717) is 6.61 Å². The summed E-state index contributed by atoms with van der Waals surface area (Å²) in [6, 6.07) is 15.8. The van der Waals surface area contributed by atoms with Gasteiger partial charge in [0, 0.05) is 12.1 Å². The predicted molar refractivity (Wildman–Crippen MR) is 81.5 cm³/mol. The summed E-state index contributed by atoms with van der Waals surface area (Å²) in [5.74, 6) is 2.57. The summed E-state index contributed by atoms with van der Waals surface area (Å²) in [6.07, 6.45) is 0. The fourth-order valence-corrected chi connectivity index (χ4v) is 1.91. The van der Waals surface area contributed by atoms with Gasteiger partial charge in [0.15, 0.2) is 0 Å². The summed E-state index contributed by atoms with van der Waals surface area (Å²) in [4.78, 5) is 0. The van der Waals surface area contributed by atoms with E-state index in [9.17, 15) is 0 Å². The Labute approximate surface area is 120 Å². The SMILES string of the molecule is CCNCc1ccccc1Oc1ccc(OCC)cc1. The molecule has 0 spiro atoms. The molecule has 0 amide bonds. The molecule has 0 unspecified atom stereocenters. The van der Waals surface area contributed by atoms with E-state index in [1.54, 1.807) is 0 Å². The van der Waals surface area contributed by atoms with E-state index >= 15 is 0 Å². The van der Waals surface area contributed by atoms with Gasteiger partial charge in [0.05, 0.1) is 6.61 Å². The molecule has 0 fully saturated rings. The molecule has 0 aliphatic rings. The smallest absolute Gasteiger partial charge is 0.131 e. The third-order valence-electron chi connectivity index (χ3n) is 2.90. The zero-order chi connectivity index (χ0) is 14.2. The van der Waals surface area contributed by atoms with E-state index in [1.807, 2.05) is 49.4 Å². The largest absolute Gasteiger partial charge is 0.494 e. The van der Waals surface area contributed by atoms with Crippen LogP contribution in [0.1, 0.15) is 19.4 Å². The highest BCUT2D eigenvalue weighted by atomic mass is 16.5. The van der Waals surface area contributed by atoms with Gasteiger partial charge < -0.3 is 14.8 Å². The molecule has 3 heteroatoms. The lowest BCUT2D eigenvalue weighted by Crippen LogP contribution is -2.12. The fraction of sp³-hybridized carbons (Fsp3) is 0.294. The molecule has 0 saturated carbocycles. The van der Waals surface area contributed by atoms with Gasteiger partial charge in [-0.3, -0.25) is 0 Å². The fourth-order valence-electron chi connectivity index (χ4n) is 1.91. The van der Waals surface area contributed by atoms with Crippen molar-refractivity contribution in [3.63, 3.8) is 0 Å². The molecular formula is C17H21NO2. The third kappa shape index (κ3) is 4.00. The standard InChI is InChI=1S/C17H21NO2/c1-3-18-13-14-7-5-6-8-17(14)20-16-11-9-15(10-12-16)19-4-2/h5-12,18H,3-4,13H2,1-2H3. The van der Waals surface area contributed by atoms with Crippen molar-refractivity contribution in [3.05, 3.63) is 54.1 Å². The van der Waals surface area contributed by atoms with E-state index in [-0.39, 0.29) is 0 Å². The molecule has 0 heterocycles. The Morgan fingerprint density at radius 1 is 0.900 bits per heavy atom. The highest BCUT2D eigenvalue weighted by Gasteiger charge is 2.04. The number of ether oxygens (including phenoxy) is 2. The van der Waals surface area contributed by atoms with Crippen LogP contribution in [0.4, 0.5) is 0 Å². The zero-order valence-corrected chi connectivity index (χ0v) is 12.1. The first-order valence-electron chi connectivity index (χ1n) is 7.02. The summed E-state index contributed by atoms with van der Waals surface area (Å²) in [7, 11) is 0. The summed E-state index contributed by atoms with van der Waals surface area (Å²) in [6.45, 7) is 6.49. The van der Waals surface area contributed by atoms with Crippen LogP contribution in [0.5, 0.6) is 17.2 Å². The van der Waals surface area contributed by atoms with Crippen molar-refractivity contribution in [3.8, 4) is 17.2 Å². The maximum absolute atomic E-state index is 5.94. The number of nitrogens with one attached hydrogen (secondary N) is 1. The van der Waals surface area contributed by atoms with Crippen molar-refractivity contribution in [2.45, 2.75) is 20.4 Å². The quantitative estimate of drug-likeness (QED) is 0.826. The van der Waals surface area contributed by atoms with Gasteiger partial charge in [0.2, 0.25) is 0 Å². The second-order valence-corrected chi connectivity index (χ2v) is 4.39. The van der Waals surface area contributed by atoms with Crippen LogP contribution in [-0.2, 0) is 6.54 Å². The molecule has 2 aromatic rings. The minimum atomic E-state index is 0.672. The molecule has 0 aromatic heterocycles. The molecule has 3 nitrogen and oxygen atoms in total. The minimum Gasteiger partial charge on any atom is -0.494 e. The summed E-state index contributed by atoms with van der Waals surface area (Å²) in [5, 5.41) is 3.32. The van der Waals surface area contributed by atoms with E-state index in [0.717, 1.165) is 35.9 Å². The van der Waals surface area contributed by atoms with Crippen LogP contribution in [0, 0.1) is 0 Å². The van der Waals surface area contributed by atoms with E-state index in [1.165, 1.54) is 0 Å². The lowest BCUT2D eigenvalue weighted by atomic mass is 10.2. The van der Waals surface area contributed by atoms with Crippen molar-refractivity contribution >= 4 is 0 Å². The van der Waals surface area contributed by atoms with Crippen molar-refractivity contribution in [2.24, 2.45) is 0 Å². The normalized spacial score (nSPS) is 10.3. The van der Waals surface area contributed by atoms with Gasteiger partial charge in [-0.25, -0.2) is 0 Å². The second kappa shape index (κ2) is 7.56. The van der Waals surface area contributed by atoms with Gasteiger partial charge in [-0.2, -0.15) is 0 Å². The van der Waals surface area contributed by atoms with Crippen LogP contribution >= 0.6 is 0 Å². The van der Waals surface area contributed by atoms with Crippen LogP contribution in [0.3, 0.4) is 0 Å². The molecule has 0 bridgehead atoms. The first-order valence-corrected chi connectivity index (χ1v) is 7.02. The second-order valence-electron chi connectivity index (χ2n) is 4.39. The lowest BCUT2D eigenvalue weighted by Gasteiger charge is -2.12. The summed E-state index contributed by atoms with van der Waals surface area (Å²) >= 11 is 0. The molecule has 0 aliphatic heterocycles. The summed E-state index contributed by atoms with van der Waals surface area (Å²) < 4.78 is 11.4. The van der Waals surface area contributed by atoms with Crippen molar-refractivity contribution < 1.29 is 9.47 Å². The molecule has 0 aliphatic carbocycles. The number of hydrogen-bond donors (Lipinski definition) is 1. The molecule has 2 rings (SSSR count). The van der Waals surface area contributed by atoms with E-state index in [4.69, 9.17) is 9.47 Å². The lowest BCUT2D eigenvalue weighted by molar-refractivity contribution is 0.339. The maximum Gasteiger partial charge on any atom is 0.131 e. The molecule has 0 saturated heterocycles. The number of para-hydroxylation sites is 1. The predicted octanol–water partition coefficient (Wildman–Crippen LogP) is 3.99. The number of benzene rings is 2. The topological polar surface area (TPSA) is 30.5 Å².